The van der Waals surface area contributed by atoms with E-state index < -0.39 is 0 Å². The van der Waals surface area contributed by atoms with Crippen LogP contribution in [0.5, 0.6) is 0 Å². The summed E-state index contributed by atoms with van der Waals surface area (Å²) >= 11 is 0. The third-order valence-corrected chi connectivity index (χ3v) is 6.32. The molecule has 2 aliphatic heterocycles. The molecule has 2 heterocycles. The van der Waals surface area contributed by atoms with Gasteiger partial charge in [-0.1, -0.05) is 12.8 Å². The Labute approximate surface area is 165 Å². The molecule has 0 aromatic rings. The Morgan fingerprint density at radius 2 is 1.96 bits per heavy atom. The third-order valence-electron chi connectivity index (χ3n) is 6.32. The van der Waals surface area contributed by atoms with Gasteiger partial charge in [-0.2, -0.15) is 0 Å². The lowest BCUT2D eigenvalue weighted by atomic mass is 9.83. The van der Waals surface area contributed by atoms with Crippen molar-refractivity contribution in [3.63, 3.8) is 0 Å². The summed E-state index contributed by atoms with van der Waals surface area (Å²) in [7, 11) is 0. The second kappa shape index (κ2) is 10.6. The predicted molar refractivity (Wildman–Crippen MR) is 108 cm³/mol. The van der Waals surface area contributed by atoms with Crippen LogP contribution in [0.2, 0.25) is 0 Å². The maximum Gasteiger partial charge on any atom is 0.194 e. The number of hydrogen-bond donors (Lipinski definition) is 1. The van der Waals surface area contributed by atoms with Gasteiger partial charge in [-0.25, -0.2) is 0 Å². The van der Waals surface area contributed by atoms with Crippen LogP contribution in [0.15, 0.2) is 4.99 Å². The topological polar surface area (TPSA) is 55.3 Å². The molecular weight excluding hydrogens is 342 g/mol. The van der Waals surface area contributed by atoms with Crippen LogP contribution < -0.4 is 5.32 Å². The van der Waals surface area contributed by atoms with Crippen molar-refractivity contribution < 1.29 is 14.2 Å². The molecular formula is C21H39N3O3. The molecule has 0 radical (unpaired) electrons. The molecule has 3 aliphatic rings. The van der Waals surface area contributed by atoms with E-state index in [1.807, 2.05) is 0 Å². The zero-order valence-electron chi connectivity index (χ0n) is 17.4. The van der Waals surface area contributed by atoms with Gasteiger partial charge in [-0.05, 0) is 51.4 Å². The normalized spacial score (nSPS) is 28.7. The van der Waals surface area contributed by atoms with Crippen molar-refractivity contribution in [2.75, 3.05) is 52.6 Å². The van der Waals surface area contributed by atoms with Gasteiger partial charge in [0.1, 0.15) is 6.10 Å². The molecule has 0 amide bonds. The van der Waals surface area contributed by atoms with Crippen molar-refractivity contribution in [1.29, 1.82) is 0 Å². The molecule has 1 N–H and O–H groups in total. The first-order valence-corrected chi connectivity index (χ1v) is 11.1. The Hall–Kier alpha value is -0.850. The van der Waals surface area contributed by atoms with Gasteiger partial charge in [0, 0.05) is 46.0 Å². The van der Waals surface area contributed by atoms with Crippen LogP contribution in [0.25, 0.3) is 0 Å². The molecule has 3 rings (SSSR count). The summed E-state index contributed by atoms with van der Waals surface area (Å²) < 4.78 is 17.5. The van der Waals surface area contributed by atoms with E-state index in [0.29, 0.717) is 5.41 Å². The van der Waals surface area contributed by atoms with Crippen LogP contribution >= 0.6 is 0 Å². The molecule has 156 valence electrons. The predicted octanol–water partition coefficient (Wildman–Crippen LogP) is 2.82. The number of guanidine groups is 1. The van der Waals surface area contributed by atoms with Gasteiger partial charge >= 0.3 is 0 Å². The number of ether oxygens (including phenoxy) is 3. The van der Waals surface area contributed by atoms with Crippen molar-refractivity contribution in [3.05, 3.63) is 0 Å². The quantitative estimate of drug-likeness (QED) is 0.398. The minimum Gasteiger partial charge on any atom is -0.382 e. The molecule has 6 nitrogen and oxygen atoms in total. The van der Waals surface area contributed by atoms with E-state index in [-0.39, 0.29) is 12.2 Å². The molecule has 0 aromatic carbocycles. The Bertz CT molecular complexity index is 460. The Morgan fingerprint density at radius 3 is 2.67 bits per heavy atom. The number of aliphatic imine (C=N–C) groups is 1. The lowest BCUT2D eigenvalue weighted by Crippen LogP contribution is -2.53. The second-order valence-electron chi connectivity index (χ2n) is 8.23. The van der Waals surface area contributed by atoms with Gasteiger partial charge < -0.3 is 24.4 Å². The Morgan fingerprint density at radius 1 is 1.15 bits per heavy atom. The second-order valence-corrected chi connectivity index (χ2v) is 8.23. The fraction of sp³-hybridized carbons (Fsp3) is 0.952. The summed E-state index contributed by atoms with van der Waals surface area (Å²) in [6.45, 7) is 11.1. The monoisotopic (exact) mass is 381 g/mol. The van der Waals surface area contributed by atoms with Crippen molar-refractivity contribution >= 4 is 5.96 Å². The molecule has 0 bridgehead atoms. The third kappa shape index (κ3) is 5.81. The van der Waals surface area contributed by atoms with Crippen LogP contribution in [-0.4, -0.2) is 75.7 Å². The fourth-order valence-electron chi connectivity index (χ4n) is 4.70. The number of nitrogens with one attached hydrogen (secondary N) is 1. The maximum atomic E-state index is 6.02. The van der Waals surface area contributed by atoms with Crippen LogP contribution in [0.3, 0.4) is 0 Å². The summed E-state index contributed by atoms with van der Waals surface area (Å²) in [4.78, 5) is 7.49. The maximum absolute atomic E-state index is 6.02. The molecule has 3 fully saturated rings. The van der Waals surface area contributed by atoms with Crippen molar-refractivity contribution in [2.45, 2.75) is 71.0 Å². The SMILES string of the molecule is CCNC(=NCC1(CCOCC)CCCC1)N1CCOC(C2CCCO2)C1. The summed E-state index contributed by atoms with van der Waals surface area (Å²) in [6.07, 6.45) is 9.05. The molecule has 1 saturated carbocycles. The minimum absolute atomic E-state index is 0.170. The molecule has 6 heteroatoms. The number of rotatable bonds is 8. The largest absolute Gasteiger partial charge is 0.382 e. The van der Waals surface area contributed by atoms with Gasteiger partial charge in [-0.15, -0.1) is 0 Å². The molecule has 2 atom stereocenters. The van der Waals surface area contributed by atoms with Crippen molar-refractivity contribution in [2.24, 2.45) is 10.4 Å². The zero-order valence-corrected chi connectivity index (χ0v) is 17.4. The van der Waals surface area contributed by atoms with E-state index in [1.54, 1.807) is 0 Å². The molecule has 27 heavy (non-hydrogen) atoms. The first-order valence-electron chi connectivity index (χ1n) is 11.1. The summed E-state index contributed by atoms with van der Waals surface area (Å²) in [5, 5.41) is 3.52. The average molecular weight is 382 g/mol. The molecule has 2 unspecified atom stereocenters. The summed E-state index contributed by atoms with van der Waals surface area (Å²) in [6, 6.07) is 0. The van der Waals surface area contributed by atoms with E-state index in [4.69, 9.17) is 19.2 Å². The highest BCUT2D eigenvalue weighted by atomic mass is 16.5. The minimum atomic E-state index is 0.170. The number of morpholine rings is 1. The molecule has 0 spiro atoms. The first kappa shape index (κ1) is 20.9. The van der Waals surface area contributed by atoms with Gasteiger partial charge in [-0.3, -0.25) is 4.99 Å². The van der Waals surface area contributed by atoms with Crippen LogP contribution in [0.4, 0.5) is 0 Å². The first-order chi connectivity index (χ1) is 13.3. The molecule has 0 aromatic heterocycles. The number of hydrogen-bond acceptors (Lipinski definition) is 4. The smallest absolute Gasteiger partial charge is 0.194 e. The van der Waals surface area contributed by atoms with Gasteiger partial charge in [0.25, 0.3) is 0 Å². The van der Waals surface area contributed by atoms with Crippen LogP contribution in [0.1, 0.15) is 58.8 Å². The summed E-state index contributed by atoms with van der Waals surface area (Å²) in [5.41, 5.74) is 0.329. The van der Waals surface area contributed by atoms with E-state index in [9.17, 15) is 0 Å². The van der Waals surface area contributed by atoms with E-state index in [2.05, 4.69) is 24.1 Å². The molecule has 1 aliphatic carbocycles. The van der Waals surface area contributed by atoms with Crippen LogP contribution in [-0.2, 0) is 14.2 Å². The van der Waals surface area contributed by atoms with Crippen molar-refractivity contribution in [3.8, 4) is 0 Å². The highest BCUT2D eigenvalue weighted by Crippen LogP contribution is 2.41. The summed E-state index contributed by atoms with van der Waals surface area (Å²) in [5.74, 6) is 1.05. The molecule has 2 saturated heterocycles. The standard InChI is InChI=1S/C21H39N3O3/c1-3-22-20(23-17-21(9-5-6-10-21)11-14-25-4-2)24-12-15-27-19(16-24)18-8-7-13-26-18/h18-19H,3-17H2,1-2H3,(H,22,23). The lowest BCUT2D eigenvalue weighted by Gasteiger charge is -2.37. The highest BCUT2D eigenvalue weighted by molar-refractivity contribution is 5.80. The fourth-order valence-corrected chi connectivity index (χ4v) is 4.70. The van der Waals surface area contributed by atoms with Gasteiger partial charge in [0.15, 0.2) is 5.96 Å². The van der Waals surface area contributed by atoms with Crippen LogP contribution in [0, 0.1) is 5.41 Å². The van der Waals surface area contributed by atoms with Gasteiger partial charge in [0.05, 0.1) is 12.7 Å². The Balaban J connectivity index is 1.62. The average Bonchev–Trinajstić information content (AvgIpc) is 3.38. The number of nitrogens with zero attached hydrogens (tertiary/aromatic N) is 2. The van der Waals surface area contributed by atoms with Crippen molar-refractivity contribution in [1.82, 2.24) is 10.2 Å². The van der Waals surface area contributed by atoms with E-state index in [0.717, 1.165) is 77.8 Å². The lowest BCUT2D eigenvalue weighted by molar-refractivity contribution is -0.0817. The highest BCUT2D eigenvalue weighted by Gasteiger charge is 2.35. The van der Waals surface area contributed by atoms with E-state index in [1.165, 1.54) is 25.7 Å². The van der Waals surface area contributed by atoms with Gasteiger partial charge in [0.2, 0.25) is 0 Å². The Kier molecular flexibility index (Phi) is 8.22. The van der Waals surface area contributed by atoms with E-state index >= 15 is 0 Å². The zero-order chi connectivity index (χ0) is 19.0.